The van der Waals surface area contributed by atoms with Crippen molar-refractivity contribution in [2.45, 2.75) is 71.1 Å². The number of hydrogen-bond donors (Lipinski definition) is 2. The Morgan fingerprint density at radius 1 is 0.842 bits per heavy atom. The van der Waals surface area contributed by atoms with Crippen molar-refractivity contribution >= 4 is 11.8 Å². The van der Waals surface area contributed by atoms with Crippen LogP contribution in [0.3, 0.4) is 0 Å². The number of carboxylic acid groups (broad SMARTS) is 1. The van der Waals surface area contributed by atoms with E-state index in [1.165, 1.54) is 44.9 Å². The number of ketones is 1. The minimum Gasteiger partial charge on any atom is -0.480 e. The van der Waals surface area contributed by atoms with Crippen LogP contribution < -0.4 is 5.32 Å². The first-order valence-corrected chi connectivity index (χ1v) is 7.61. The van der Waals surface area contributed by atoms with Gasteiger partial charge in [0.2, 0.25) is 0 Å². The van der Waals surface area contributed by atoms with Crippen molar-refractivity contribution in [1.29, 1.82) is 0 Å². The molecule has 0 aliphatic rings. The van der Waals surface area contributed by atoms with Crippen molar-refractivity contribution in [3.63, 3.8) is 0 Å². The smallest absolute Gasteiger partial charge is 0.317 e. The molecule has 0 fully saturated rings. The number of rotatable bonds is 14. The highest BCUT2D eigenvalue weighted by molar-refractivity contribution is 5.81. The van der Waals surface area contributed by atoms with E-state index in [4.69, 9.17) is 5.11 Å². The van der Waals surface area contributed by atoms with E-state index in [-0.39, 0.29) is 18.9 Å². The van der Waals surface area contributed by atoms with Gasteiger partial charge in [-0.2, -0.15) is 0 Å². The summed E-state index contributed by atoms with van der Waals surface area (Å²) in [6.45, 7) is 2.27. The van der Waals surface area contributed by atoms with Gasteiger partial charge in [0, 0.05) is 6.42 Å². The minimum atomic E-state index is -0.920. The van der Waals surface area contributed by atoms with Gasteiger partial charge in [0.15, 0.2) is 0 Å². The Balaban J connectivity index is 3.16. The quantitative estimate of drug-likeness (QED) is 0.476. The second-order valence-corrected chi connectivity index (χ2v) is 5.11. The molecule has 0 aliphatic heterocycles. The van der Waals surface area contributed by atoms with Gasteiger partial charge in [0.25, 0.3) is 0 Å². The molecule has 0 bridgehead atoms. The Morgan fingerprint density at radius 3 is 1.89 bits per heavy atom. The first kappa shape index (κ1) is 18.1. The van der Waals surface area contributed by atoms with Crippen LogP contribution in [0.15, 0.2) is 0 Å². The van der Waals surface area contributed by atoms with Crippen LogP contribution in [0.25, 0.3) is 0 Å². The standard InChI is InChI=1S/C15H29NO3/c1-2-3-4-5-6-7-8-9-10-11-14(17)12-16-13-15(18)19/h16H,2-13H2,1H3,(H,18,19). The summed E-state index contributed by atoms with van der Waals surface area (Å²) in [4.78, 5) is 21.6. The number of carbonyl (C=O) groups excluding carboxylic acids is 1. The second-order valence-electron chi connectivity index (χ2n) is 5.11. The molecule has 0 radical (unpaired) electrons. The lowest BCUT2D eigenvalue weighted by Crippen LogP contribution is -2.28. The fourth-order valence-corrected chi connectivity index (χ4v) is 2.03. The van der Waals surface area contributed by atoms with Crippen molar-refractivity contribution in [3.05, 3.63) is 0 Å². The zero-order valence-corrected chi connectivity index (χ0v) is 12.2. The van der Waals surface area contributed by atoms with Gasteiger partial charge >= 0.3 is 5.97 Å². The maximum Gasteiger partial charge on any atom is 0.317 e. The molecule has 0 unspecified atom stereocenters. The van der Waals surface area contributed by atoms with Crippen LogP contribution in [0.4, 0.5) is 0 Å². The van der Waals surface area contributed by atoms with E-state index in [9.17, 15) is 9.59 Å². The van der Waals surface area contributed by atoms with Gasteiger partial charge in [0.05, 0.1) is 13.1 Å². The van der Waals surface area contributed by atoms with Gasteiger partial charge in [-0.25, -0.2) is 0 Å². The highest BCUT2D eigenvalue weighted by Gasteiger charge is 2.02. The lowest BCUT2D eigenvalue weighted by molar-refractivity contribution is -0.135. The topological polar surface area (TPSA) is 66.4 Å². The van der Waals surface area contributed by atoms with E-state index < -0.39 is 5.97 Å². The first-order valence-electron chi connectivity index (χ1n) is 7.61. The summed E-state index contributed by atoms with van der Waals surface area (Å²) >= 11 is 0. The molecule has 4 nitrogen and oxygen atoms in total. The highest BCUT2D eigenvalue weighted by atomic mass is 16.4. The van der Waals surface area contributed by atoms with Gasteiger partial charge in [-0.05, 0) is 6.42 Å². The second kappa shape index (κ2) is 13.5. The summed E-state index contributed by atoms with van der Waals surface area (Å²) in [5, 5.41) is 11.0. The maximum absolute atomic E-state index is 11.4. The number of carbonyl (C=O) groups is 2. The van der Waals surface area contributed by atoms with E-state index in [2.05, 4.69) is 12.2 Å². The summed E-state index contributed by atoms with van der Waals surface area (Å²) < 4.78 is 0. The Bertz CT molecular complexity index is 242. The Hall–Kier alpha value is -0.900. The average Bonchev–Trinajstić information content (AvgIpc) is 2.36. The fourth-order valence-electron chi connectivity index (χ4n) is 2.03. The van der Waals surface area contributed by atoms with Gasteiger partial charge in [-0.1, -0.05) is 58.3 Å². The molecule has 0 aromatic heterocycles. The summed E-state index contributed by atoms with van der Waals surface area (Å²) in [5.41, 5.74) is 0. The van der Waals surface area contributed by atoms with Gasteiger partial charge in [-0.3, -0.25) is 9.59 Å². The van der Waals surface area contributed by atoms with Crippen LogP contribution in [-0.4, -0.2) is 29.9 Å². The molecule has 0 amide bonds. The van der Waals surface area contributed by atoms with Crippen LogP contribution in [0.1, 0.15) is 71.1 Å². The minimum absolute atomic E-state index is 0.115. The van der Waals surface area contributed by atoms with Crippen molar-refractivity contribution in [1.82, 2.24) is 5.32 Å². The molecule has 0 aliphatic carbocycles. The molecule has 2 N–H and O–H groups in total. The van der Waals surface area contributed by atoms with Crippen molar-refractivity contribution < 1.29 is 14.7 Å². The van der Waals surface area contributed by atoms with E-state index in [0.717, 1.165) is 12.8 Å². The molecule has 0 aromatic rings. The Labute approximate surface area is 117 Å². The van der Waals surface area contributed by atoms with Gasteiger partial charge in [0.1, 0.15) is 5.78 Å². The first-order chi connectivity index (χ1) is 9.16. The van der Waals surface area contributed by atoms with E-state index >= 15 is 0 Å². The Kier molecular flexibility index (Phi) is 12.9. The zero-order chi connectivity index (χ0) is 14.3. The van der Waals surface area contributed by atoms with E-state index in [1.54, 1.807) is 0 Å². The molecule has 19 heavy (non-hydrogen) atoms. The number of Topliss-reactive ketones (excluding diaryl/α,β-unsaturated/α-hetero) is 1. The lowest BCUT2D eigenvalue weighted by atomic mass is 10.1. The fraction of sp³-hybridized carbons (Fsp3) is 0.867. The van der Waals surface area contributed by atoms with Crippen molar-refractivity contribution in [3.8, 4) is 0 Å². The molecule has 0 aromatic carbocycles. The number of nitrogens with one attached hydrogen (secondary N) is 1. The van der Waals surface area contributed by atoms with Crippen LogP contribution in [0, 0.1) is 0 Å². The van der Waals surface area contributed by atoms with Gasteiger partial charge < -0.3 is 10.4 Å². The third kappa shape index (κ3) is 15.0. The maximum atomic E-state index is 11.4. The summed E-state index contributed by atoms with van der Waals surface area (Å²) in [6.07, 6.45) is 11.7. The van der Waals surface area contributed by atoms with Gasteiger partial charge in [-0.15, -0.1) is 0 Å². The molecule has 0 heterocycles. The summed E-state index contributed by atoms with van der Waals surface area (Å²) in [5.74, 6) is -0.805. The van der Waals surface area contributed by atoms with Crippen LogP contribution in [-0.2, 0) is 9.59 Å². The lowest BCUT2D eigenvalue weighted by Gasteiger charge is -2.03. The van der Waals surface area contributed by atoms with Crippen molar-refractivity contribution in [2.24, 2.45) is 0 Å². The van der Waals surface area contributed by atoms with Crippen LogP contribution in [0.5, 0.6) is 0 Å². The van der Waals surface area contributed by atoms with Crippen molar-refractivity contribution in [2.75, 3.05) is 13.1 Å². The largest absolute Gasteiger partial charge is 0.480 e. The SMILES string of the molecule is CCCCCCCCCCCC(=O)CNCC(=O)O. The molecule has 112 valence electrons. The molecule has 0 spiro atoms. The molecular weight excluding hydrogens is 242 g/mol. The highest BCUT2D eigenvalue weighted by Crippen LogP contribution is 2.10. The molecule has 0 atom stereocenters. The van der Waals surface area contributed by atoms with Crippen LogP contribution >= 0.6 is 0 Å². The van der Waals surface area contributed by atoms with E-state index in [0.29, 0.717) is 6.42 Å². The summed E-state index contributed by atoms with van der Waals surface area (Å²) in [6, 6.07) is 0. The molecule has 0 rings (SSSR count). The van der Waals surface area contributed by atoms with Crippen LogP contribution in [0.2, 0.25) is 0 Å². The molecule has 4 heteroatoms. The number of aliphatic carboxylic acids is 1. The predicted octanol–water partition coefficient (Wildman–Crippen LogP) is 3.15. The summed E-state index contributed by atoms with van der Waals surface area (Å²) in [7, 11) is 0. The molecular formula is C15H29NO3. The third-order valence-corrected chi connectivity index (χ3v) is 3.16. The normalized spacial score (nSPS) is 10.6. The van der Waals surface area contributed by atoms with E-state index in [1.807, 2.05) is 0 Å². The average molecular weight is 271 g/mol. The Morgan fingerprint density at radius 2 is 1.37 bits per heavy atom. The number of unbranched alkanes of at least 4 members (excludes halogenated alkanes) is 8. The number of carboxylic acids is 1. The predicted molar refractivity (Wildman–Crippen MR) is 77.4 cm³/mol. The zero-order valence-electron chi connectivity index (χ0n) is 12.2. The monoisotopic (exact) mass is 271 g/mol. The third-order valence-electron chi connectivity index (χ3n) is 3.16. The molecule has 0 saturated heterocycles. The molecule has 0 saturated carbocycles. The number of hydrogen-bond acceptors (Lipinski definition) is 3.